The van der Waals surface area contributed by atoms with Crippen molar-refractivity contribution in [2.45, 2.75) is 19.9 Å². The molecule has 4 nitrogen and oxygen atoms in total. The van der Waals surface area contributed by atoms with Crippen LogP contribution in [0.15, 0.2) is 22.7 Å². The number of likely N-dealkylation sites (tertiary alicyclic amines) is 1. The molecule has 2 N–H and O–H groups in total. The number of nitrogens with zero attached hydrogens (tertiary/aromatic N) is 1. The number of halogens is 1. The molecule has 0 bridgehead atoms. The minimum Gasteiger partial charge on any atom is -0.396 e. The summed E-state index contributed by atoms with van der Waals surface area (Å²) in [5.74, 6) is 0.236. The molecule has 1 aromatic carbocycles. The van der Waals surface area contributed by atoms with Gasteiger partial charge < -0.3 is 15.3 Å². The van der Waals surface area contributed by atoms with Crippen molar-refractivity contribution in [2.75, 3.05) is 19.7 Å². The Morgan fingerprint density at radius 2 is 2.37 bits per heavy atom. The zero-order chi connectivity index (χ0) is 13.8. The molecular weight excluding hydrogens is 308 g/mol. The van der Waals surface area contributed by atoms with Crippen molar-refractivity contribution in [3.8, 4) is 0 Å². The average Bonchev–Trinajstić information content (AvgIpc) is 2.86. The fraction of sp³-hybridized carbons (Fsp3) is 0.500. The third-order valence-electron chi connectivity index (χ3n) is 3.57. The van der Waals surface area contributed by atoms with E-state index in [0.29, 0.717) is 13.1 Å². The number of hydrogen-bond acceptors (Lipinski definition) is 2. The molecule has 1 saturated heterocycles. The molecule has 2 rings (SSSR count). The van der Waals surface area contributed by atoms with Crippen LogP contribution in [-0.4, -0.2) is 35.7 Å². The third-order valence-corrected chi connectivity index (χ3v) is 4.06. The predicted molar refractivity (Wildman–Crippen MR) is 77.9 cm³/mol. The Morgan fingerprint density at radius 1 is 1.58 bits per heavy atom. The molecule has 104 valence electrons. The lowest BCUT2D eigenvalue weighted by molar-refractivity contribution is 0.198. The fourth-order valence-electron chi connectivity index (χ4n) is 2.31. The predicted octanol–water partition coefficient (Wildman–Crippen LogP) is 2.28. The van der Waals surface area contributed by atoms with E-state index >= 15 is 0 Å². The van der Waals surface area contributed by atoms with Crippen LogP contribution in [0, 0.1) is 12.8 Å². The number of carbonyl (C=O) groups excluding carboxylic acids is 1. The second kappa shape index (κ2) is 6.39. The molecule has 1 fully saturated rings. The maximum absolute atomic E-state index is 12.0. The molecule has 0 saturated carbocycles. The van der Waals surface area contributed by atoms with Gasteiger partial charge in [0.15, 0.2) is 0 Å². The minimum atomic E-state index is -0.0433. The van der Waals surface area contributed by atoms with E-state index in [4.69, 9.17) is 5.11 Å². The lowest BCUT2D eigenvalue weighted by Gasteiger charge is -2.17. The molecule has 1 heterocycles. The molecule has 1 aliphatic rings. The Hall–Kier alpha value is -1.07. The van der Waals surface area contributed by atoms with Crippen LogP contribution in [0.2, 0.25) is 0 Å². The first kappa shape index (κ1) is 14.3. The fourth-order valence-corrected chi connectivity index (χ4v) is 2.78. The Bertz CT molecular complexity index is 465. The van der Waals surface area contributed by atoms with Crippen molar-refractivity contribution in [1.29, 1.82) is 0 Å². The first-order valence-corrected chi connectivity index (χ1v) is 7.28. The zero-order valence-electron chi connectivity index (χ0n) is 11.0. The normalized spacial score (nSPS) is 18.7. The van der Waals surface area contributed by atoms with Crippen molar-refractivity contribution in [3.63, 3.8) is 0 Å². The molecule has 1 aliphatic heterocycles. The largest absolute Gasteiger partial charge is 0.396 e. The van der Waals surface area contributed by atoms with Gasteiger partial charge in [0.25, 0.3) is 0 Å². The average molecular weight is 327 g/mol. The highest BCUT2D eigenvalue weighted by Gasteiger charge is 2.25. The minimum absolute atomic E-state index is 0.0433. The van der Waals surface area contributed by atoms with Gasteiger partial charge in [0.05, 0.1) is 0 Å². The van der Waals surface area contributed by atoms with Crippen LogP contribution in [0.25, 0.3) is 0 Å². The van der Waals surface area contributed by atoms with E-state index in [1.165, 1.54) is 0 Å². The number of amides is 2. The van der Waals surface area contributed by atoms with Crippen LogP contribution in [-0.2, 0) is 6.54 Å². The summed E-state index contributed by atoms with van der Waals surface area (Å²) in [6, 6.07) is 5.99. The second-order valence-corrected chi connectivity index (χ2v) is 5.93. The molecule has 2 amide bonds. The van der Waals surface area contributed by atoms with Crippen LogP contribution in [0.5, 0.6) is 0 Å². The summed E-state index contributed by atoms with van der Waals surface area (Å²) >= 11 is 3.43. The number of aliphatic hydroxyl groups is 1. The molecule has 5 heteroatoms. The van der Waals surface area contributed by atoms with Gasteiger partial charge in [0.1, 0.15) is 0 Å². The highest BCUT2D eigenvalue weighted by molar-refractivity contribution is 9.10. The van der Waals surface area contributed by atoms with Gasteiger partial charge in [-0.2, -0.15) is 0 Å². The molecule has 19 heavy (non-hydrogen) atoms. The number of aliphatic hydroxyl groups excluding tert-OH is 1. The number of carbonyl (C=O) groups is 1. The van der Waals surface area contributed by atoms with Crippen LogP contribution >= 0.6 is 15.9 Å². The highest BCUT2D eigenvalue weighted by atomic mass is 79.9. The third kappa shape index (κ3) is 3.70. The first-order valence-electron chi connectivity index (χ1n) is 6.49. The van der Waals surface area contributed by atoms with Crippen LogP contribution < -0.4 is 5.32 Å². The molecular formula is C14H19BrN2O2. The quantitative estimate of drug-likeness (QED) is 0.895. The van der Waals surface area contributed by atoms with Crippen molar-refractivity contribution in [2.24, 2.45) is 5.92 Å². The summed E-state index contributed by atoms with van der Waals surface area (Å²) in [6.07, 6.45) is 0.890. The van der Waals surface area contributed by atoms with Crippen molar-refractivity contribution >= 4 is 22.0 Å². The van der Waals surface area contributed by atoms with Crippen molar-refractivity contribution in [3.05, 3.63) is 33.8 Å². The Balaban J connectivity index is 1.87. The summed E-state index contributed by atoms with van der Waals surface area (Å²) in [6.45, 7) is 4.12. The zero-order valence-corrected chi connectivity index (χ0v) is 12.6. The number of benzene rings is 1. The van der Waals surface area contributed by atoms with E-state index in [2.05, 4.69) is 21.2 Å². The Labute approximate surface area is 121 Å². The maximum Gasteiger partial charge on any atom is 0.317 e. The topological polar surface area (TPSA) is 52.6 Å². The van der Waals surface area contributed by atoms with Crippen molar-refractivity contribution in [1.82, 2.24) is 10.2 Å². The van der Waals surface area contributed by atoms with Crippen LogP contribution in [0.3, 0.4) is 0 Å². The SMILES string of the molecule is Cc1cc(Br)ccc1CNC(=O)N1CCC(CO)C1. The van der Waals surface area contributed by atoms with Crippen LogP contribution in [0.4, 0.5) is 4.79 Å². The monoisotopic (exact) mass is 326 g/mol. The molecule has 1 atom stereocenters. The van der Waals surface area contributed by atoms with Gasteiger partial charge in [0.2, 0.25) is 0 Å². The number of nitrogens with one attached hydrogen (secondary N) is 1. The summed E-state index contributed by atoms with van der Waals surface area (Å²) in [5, 5.41) is 12.0. The van der Waals surface area contributed by atoms with E-state index < -0.39 is 0 Å². The molecule has 0 spiro atoms. The van der Waals surface area contributed by atoms with E-state index in [1.807, 2.05) is 25.1 Å². The lowest BCUT2D eigenvalue weighted by atomic mass is 10.1. The molecule has 0 radical (unpaired) electrons. The van der Waals surface area contributed by atoms with Gasteiger partial charge in [-0.05, 0) is 36.6 Å². The Morgan fingerprint density at radius 3 is 3.00 bits per heavy atom. The standard InChI is InChI=1S/C14H19BrN2O2/c1-10-6-13(15)3-2-12(10)7-16-14(19)17-5-4-11(8-17)9-18/h2-3,6,11,18H,4-5,7-9H2,1H3,(H,16,19). The van der Waals surface area contributed by atoms with Crippen molar-refractivity contribution < 1.29 is 9.90 Å². The lowest BCUT2D eigenvalue weighted by Crippen LogP contribution is -2.38. The summed E-state index contributed by atoms with van der Waals surface area (Å²) < 4.78 is 1.05. The Kier molecular flexibility index (Phi) is 4.82. The number of hydrogen-bond donors (Lipinski definition) is 2. The molecule has 1 unspecified atom stereocenters. The van der Waals surface area contributed by atoms with Gasteiger partial charge in [-0.1, -0.05) is 22.0 Å². The van der Waals surface area contributed by atoms with Gasteiger partial charge in [-0.15, -0.1) is 0 Å². The van der Waals surface area contributed by atoms with Gasteiger partial charge >= 0.3 is 6.03 Å². The van der Waals surface area contributed by atoms with E-state index in [1.54, 1.807) is 4.90 Å². The van der Waals surface area contributed by atoms with Gasteiger partial charge in [-0.3, -0.25) is 0 Å². The van der Waals surface area contributed by atoms with Gasteiger partial charge in [0, 0.05) is 36.6 Å². The summed E-state index contributed by atoms with van der Waals surface area (Å²) in [4.78, 5) is 13.8. The maximum atomic E-state index is 12.0. The molecule has 0 aromatic heterocycles. The van der Waals surface area contributed by atoms with E-state index in [9.17, 15) is 4.79 Å². The highest BCUT2D eigenvalue weighted by Crippen LogP contribution is 2.17. The smallest absolute Gasteiger partial charge is 0.317 e. The van der Waals surface area contributed by atoms with E-state index in [-0.39, 0.29) is 18.6 Å². The number of urea groups is 1. The van der Waals surface area contributed by atoms with E-state index in [0.717, 1.165) is 28.6 Å². The first-order chi connectivity index (χ1) is 9.10. The van der Waals surface area contributed by atoms with Crippen LogP contribution in [0.1, 0.15) is 17.5 Å². The number of rotatable bonds is 3. The number of aryl methyl sites for hydroxylation is 1. The van der Waals surface area contributed by atoms with Gasteiger partial charge in [-0.25, -0.2) is 4.79 Å². The summed E-state index contributed by atoms with van der Waals surface area (Å²) in [7, 11) is 0. The second-order valence-electron chi connectivity index (χ2n) is 5.01. The summed E-state index contributed by atoms with van der Waals surface area (Å²) in [5.41, 5.74) is 2.28. The molecule has 0 aliphatic carbocycles. The molecule has 1 aromatic rings.